The molecule has 0 aliphatic heterocycles. The molecule has 0 fully saturated rings. The van der Waals surface area contributed by atoms with Crippen LogP contribution in [0, 0.1) is 0 Å². The first-order chi connectivity index (χ1) is 11.1. The van der Waals surface area contributed by atoms with Gasteiger partial charge in [-0.05, 0) is 42.9 Å². The Morgan fingerprint density at radius 1 is 1.00 bits per heavy atom. The molecule has 1 aromatic rings. The first-order valence-corrected chi connectivity index (χ1v) is 9.18. The molecule has 0 unspecified atom stereocenters. The number of benzene rings is 1. The van der Waals surface area contributed by atoms with Crippen molar-refractivity contribution in [2.45, 2.75) is 57.3 Å². The van der Waals surface area contributed by atoms with Crippen LogP contribution in [0.15, 0.2) is 11.0 Å². The second-order valence-corrected chi connectivity index (χ2v) is 6.88. The third-order valence-corrected chi connectivity index (χ3v) is 4.68. The Hall–Kier alpha value is 0.0700. The maximum Gasteiger partial charge on any atom is 1.00 e. The molecule has 7 nitrogen and oxygen atoms in total. The summed E-state index contributed by atoms with van der Waals surface area (Å²) in [6, 6.07) is 1.09. The summed E-state index contributed by atoms with van der Waals surface area (Å²) >= 11 is 0. The van der Waals surface area contributed by atoms with Gasteiger partial charge in [0, 0.05) is 11.1 Å². The van der Waals surface area contributed by atoms with Crippen LogP contribution in [-0.2, 0) is 23.0 Å². The molecule has 0 bridgehead atoms. The van der Waals surface area contributed by atoms with Crippen LogP contribution in [0.3, 0.4) is 0 Å². The smallest absolute Gasteiger partial charge is 0.545 e. The van der Waals surface area contributed by atoms with E-state index in [9.17, 15) is 32.8 Å². The summed E-state index contributed by atoms with van der Waals surface area (Å²) in [5, 5.41) is 22.8. The normalized spacial score (nSPS) is 10.6. The number of carbonyl (C=O) groups excluding carboxylic acids is 2. The molecule has 0 heterocycles. The van der Waals surface area contributed by atoms with Crippen LogP contribution < -0.4 is 69.3 Å². The van der Waals surface area contributed by atoms with Gasteiger partial charge in [0.15, 0.2) is 0 Å². The Balaban J connectivity index is 0. The fourth-order valence-corrected chi connectivity index (χ4v) is 3.51. The quantitative estimate of drug-likeness (QED) is 0.321. The van der Waals surface area contributed by atoms with Crippen LogP contribution in [-0.4, -0.2) is 24.9 Å². The minimum absolute atomic E-state index is 0. The minimum Gasteiger partial charge on any atom is -0.545 e. The predicted molar refractivity (Wildman–Crippen MR) is 82.1 cm³/mol. The molecule has 0 aliphatic rings. The molecule has 0 aromatic heterocycles. The topological polar surface area (TPSA) is 135 Å². The predicted octanol–water partition coefficient (Wildman–Crippen LogP) is -5.65. The molecule has 0 atom stereocenters. The fraction of sp³-hybridized carbons (Fsp3) is 0.500. The molecule has 0 amide bonds. The summed E-state index contributed by atoms with van der Waals surface area (Å²) in [4.78, 5) is 21.7. The Bertz CT molecular complexity index is 745. The molecule has 0 saturated carbocycles. The largest absolute Gasteiger partial charge is 1.00 e. The summed E-state index contributed by atoms with van der Waals surface area (Å²) < 4.78 is 32.6. The van der Waals surface area contributed by atoms with E-state index in [0.29, 0.717) is 24.8 Å². The van der Waals surface area contributed by atoms with E-state index in [-0.39, 0.29) is 71.1 Å². The van der Waals surface area contributed by atoms with Crippen molar-refractivity contribution in [3.05, 3.63) is 28.3 Å². The van der Waals surface area contributed by atoms with E-state index >= 15 is 0 Å². The zero-order valence-electron chi connectivity index (χ0n) is 15.6. The second kappa shape index (κ2) is 12.5. The van der Waals surface area contributed by atoms with E-state index in [0.717, 1.165) is 18.9 Å². The number of hydrogen-bond acceptors (Lipinski definition) is 6. The average Bonchev–Trinajstić information content (AvgIpc) is 2.48. The van der Waals surface area contributed by atoms with E-state index in [1.54, 1.807) is 0 Å². The zero-order valence-corrected chi connectivity index (χ0v) is 20.4. The molecule has 0 spiro atoms. The maximum absolute atomic E-state index is 11.6. The number of carboxylic acid groups (broad SMARTS) is 2. The molecule has 1 N–H and O–H groups in total. The molecular weight excluding hydrogens is 382 g/mol. The molecule has 1 rings (SSSR count). The molecule has 10 heteroatoms. The monoisotopic (exact) mass is 402 g/mol. The van der Waals surface area contributed by atoms with Crippen LogP contribution in [0.2, 0.25) is 0 Å². The van der Waals surface area contributed by atoms with Gasteiger partial charge in [0.2, 0.25) is 0 Å². The Morgan fingerprint density at radius 3 is 1.88 bits per heavy atom. The summed E-state index contributed by atoms with van der Waals surface area (Å²) in [5.41, 5.74) is -1.01. The van der Waals surface area contributed by atoms with Crippen LogP contribution in [0.4, 0.5) is 0 Å². The second-order valence-electron chi connectivity index (χ2n) is 5.52. The number of carbonyl (C=O) groups is 2. The SMILES string of the molecule is CCCCc1cc(C(=O)[O-])c(S(=O)(=O)O)c(C(=O)[O-])c1CCCC.[Na+].[Na+]. The van der Waals surface area contributed by atoms with E-state index < -0.39 is 38.1 Å². The Kier molecular flexibility index (Phi) is 13.6. The number of aromatic carboxylic acids is 2. The van der Waals surface area contributed by atoms with E-state index in [1.165, 1.54) is 0 Å². The van der Waals surface area contributed by atoms with Crippen molar-refractivity contribution in [2.24, 2.45) is 0 Å². The number of unbranched alkanes of at least 4 members (excludes halogenated alkanes) is 2. The van der Waals surface area contributed by atoms with Crippen molar-refractivity contribution in [1.82, 2.24) is 0 Å². The van der Waals surface area contributed by atoms with Crippen molar-refractivity contribution in [3.63, 3.8) is 0 Å². The van der Waals surface area contributed by atoms with Crippen LogP contribution >= 0.6 is 0 Å². The van der Waals surface area contributed by atoms with Gasteiger partial charge in [0.1, 0.15) is 4.90 Å². The Labute approximate surface area is 197 Å². The third-order valence-electron chi connectivity index (χ3n) is 3.74. The van der Waals surface area contributed by atoms with Crippen LogP contribution in [0.1, 0.15) is 71.4 Å². The number of hydrogen-bond donors (Lipinski definition) is 1. The van der Waals surface area contributed by atoms with Gasteiger partial charge in [0.05, 0.1) is 11.9 Å². The van der Waals surface area contributed by atoms with E-state index in [2.05, 4.69) is 0 Å². The van der Waals surface area contributed by atoms with Gasteiger partial charge in [-0.1, -0.05) is 26.7 Å². The Morgan fingerprint density at radius 2 is 1.50 bits per heavy atom. The molecule has 26 heavy (non-hydrogen) atoms. The molecule has 134 valence electrons. The molecule has 1 aromatic carbocycles. The summed E-state index contributed by atoms with van der Waals surface area (Å²) in [6.45, 7) is 3.79. The van der Waals surface area contributed by atoms with Gasteiger partial charge >= 0.3 is 59.1 Å². The summed E-state index contributed by atoms with van der Waals surface area (Å²) in [7, 11) is -5.08. The van der Waals surface area contributed by atoms with Gasteiger partial charge in [0.25, 0.3) is 10.1 Å². The van der Waals surface area contributed by atoms with Crippen LogP contribution in [0.5, 0.6) is 0 Å². The molecule has 0 radical (unpaired) electrons. The molecule has 0 saturated heterocycles. The molecular formula is C16H20Na2O7S. The first kappa shape index (κ1) is 28.3. The van der Waals surface area contributed by atoms with Crippen LogP contribution in [0.25, 0.3) is 0 Å². The number of carboxylic acids is 2. The number of aryl methyl sites for hydroxylation is 1. The first-order valence-electron chi connectivity index (χ1n) is 7.74. The van der Waals surface area contributed by atoms with Gasteiger partial charge < -0.3 is 19.8 Å². The maximum atomic E-state index is 11.6. The van der Waals surface area contributed by atoms with Crippen molar-refractivity contribution in [3.8, 4) is 0 Å². The number of rotatable bonds is 9. The van der Waals surface area contributed by atoms with Gasteiger partial charge in [-0.3, -0.25) is 4.55 Å². The van der Waals surface area contributed by atoms with Crippen molar-refractivity contribution >= 4 is 22.1 Å². The van der Waals surface area contributed by atoms with Crippen molar-refractivity contribution in [2.75, 3.05) is 0 Å². The molecule has 0 aliphatic carbocycles. The summed E-state index contributed by atoms with van der Waals surface area (Å²) in [6.07, 6.45) is 3.40. The van der Waals surface area contributed by atoms with E-state index in [4.69, 9.17) is 0 Å². The fourth-order valence-electron chi connectivity index (χ4n) is 2.62. The van der Waals surface area contributed by atoms with Gasteiger partial charge in [-0.2, -0.15) is 8.42 Å². The van der Waals surface area contributed by atoms with Gasteiger partial charge in [-0.15, -0.1) is 0 Å². The van der Waals surface area contributed by atoms with Crippen molar-refractivity contribution < 1.29 is 91.9 Å². The minimum atomic E-state index is -5.08. The van der Waals surface area contributed by atoms with Crippen molar-refractivity contribution in [1.29, 1.82) is 0 Å². The van der Waals surface area contributed by atoms with Gasteiger partial charge in [-0.25, -0.2) is 0 Å². The standard InChI is InChI=1S/C16H22O7S.2Na/c1-3-5-7-10-9-12(15(17)18)14(24(21,22)23)13(16(19)20)11(10)8-6-4-2;;/h9H,3-8H2,1-2H3,(H,17,18)(H,19,20)(H,21,22,23);;/q;2*+1/p-2. The van der Waals surface area contributed by atoms with E-state index in [1.807, 2.05) is 13.8 Å². The summed E-state index contributed by atoms with van der Waals surface area (Å²) in [5.74, 6) is -3.71. The zero-order chi connectivity index (χ0) is 18.5. The third kappa shape index (κ3) is 7.24. The average molecular weight is 402 g/mol.